The minimum absolute atomic E-state index is 0.352. The molecule has 0 aliphatic rings. The lowest BCUT2D eigenvalue weighted by atomic mass is 10.2. The highest BCUT2D eigenvalue weighted by atomic mass is 79.9. The van der Waals surface area contributed by atoms with Gasteiger partial charge in [0.25, 0.3) is 0 Å². The second-order valence-corrected chi connectivity index (χ2v) is 4.43. The third-order valence-corrected chi connectivity index (χ3v) is 3.62. The quantitative estimate of drug-likeness (QED) is 0.748. The van der Waals surface area contributed by atoms with Crippen molar-refractivity contribution in [2.24, 2.45) is 0 Å². The molecule has 0 bridgehead atoms. The van der Waals surface area contributed by atoms with E-state index in [-0.39, 0.29) is 0 Å². The Kier molecular flexibility index (Phi) is 1.85. The first kappa shape index (κ1) is 8.08. The molecule has 0 fully saturated rings. The van der Waals surface area contributed by atoms with Gasteiger partial charge in [0.2, 0.25) is 0 Å². The van der Waals surface area contributed by atoms with Crippen LogP contribution in [0.2, 0.25) is 0 Å². The number of halogens is 1. The van der Waals surface area contributed by atoms with E-state index >= 15 is 0 Å². The van der Waals surface area contributed by atoms with Gasteiger partial charge in [-0.25, -0.2) is 0 Å². The first-order valence-electron chi connectivity index (χ1n) is 3.55. The van der Waals surface area contributed by atoms with E-state index in [9.17, 15) is 5.11 Å². The van der Waals surface area contributed by atoms with Crippen LogP contribution in [0.4, 0.5) is 0 Å². The van der Waals surface area contributed by atoms with Gasteiger partial charge in [0, 0.05) is 0 Å². The van der Waals surface area contributed by atoms with E-state index in [0.29, 0.717) is 5.75 Å². The lowest BCUT2D eigenvalue weighted by Gasteiger charge is -1.97. The van der Waals surface area contributed by atoms with Crippen LogP contribution < -0.4 is 0 Å². The third kappa shape index (κ3) is 1.04. The van der Waals surface area contributed by atoms with Crippen LogP contribution in [-0.2, 0) is 0 Å². The van der Waals surface area contributed by atoms with E-state index < -0.39 is 0 Å². The monoisotopic (exact) mass is 242 g/mol. The summed E-state index contributed by atoms with van der Waals surface area (Å²) in [6.45, 7) is 2.05. The summed E-state index contributed by atoms with van der Waals surface area (Å²) < 4.78 is 1.72. The molecular formula is C9H7BrOS. The maximum atomic E-state index is 9.64. The summed E-state index contributed by atoms with van der Waals surface area (Å²) in [4.78, 5) is 0. The Bertz CT molecular complexity index is 433. The zero-order chi connectivity index (χ0) is 8.72. The van der Waals surface area contributed by atoms with E-state index in [1.807, 2.05) is 19.1 Å². The smallest absolute Gasteiger partial charge is 0.147 e. The van der Waals surface area contributed by atoms with E-state index in [4.69, 9.17) is 0 Å². The SMILES string of the molecule is Cc1csc2c(O)c(Br)ccc12. The molecule has 1 N–H and O–H groups in total. The summed E-state index contributed by atoms with van der Waals surface area (Å²) in [5, 5.41) is 12.8. The van der Waals surface area contributed by atoms with Gasteiger partial charge in [0.05, 0.1) is 9.17 Å². The van der Waals surface area contributed by atoms with E-state index in [2.05, 4.69) is 21.3 Å². The molecule has 1 nitrogen and oxygen atoms in total. The molecule has 1 aromatic carbocycles. The van der Waals surface area contributed by atoms with Gasteiger partial charge in [-0.2, -0.15) is 0 Å². The van der Waals surface area contributed by atoms with E-state index in [1.165, 1.54) is 5.56 Å². The van der Waals surface area contributed by atoms with Crippen LogP contribution >= 0.6 is 27.3 Å². The molecule has 2 rings (SSSR count). The molecule has 0 spiro atoms. The van der Waals surface area contributed by atoms with Gasteiger partial charge in [-0.15, -0.1) is 11.3 Å². The van der Waals surface area contributed by atoms with Gasteiger partial charge in [-0.3, -0.25) is 0 Å². The average molecular weight is 243 g/mol. The van der Waals surface area contributed by atoms with E-state index in [1.54, 1.807) is 11.3 Å². The average Bonchev–Trinajstić information content (AvgIpc) is 2.41. The normalized spacial score (nSPS) is 10.8. The fraction of sp³-hybridized carbons (Fsp3) is 0.111. The molecule has 0 amide bonds. The number of benzene rings is 1. The molecule has 0 aliphatic heterocycles. The van der Waals surface area contributed by atoms with E-state index in [0.717, 1.165) is 14.6 Å². The van der Waals surface area contributed by atoms with Crippen LogP contribution in [0.25, 0.3) is 10.1 Å². The summed E-state index contributed by atoms with van der Waals surface area (Å²) in [5.74, 6) is 0.352. The lowest BCUT2D eigenvalue weighted by molar-refractivity contribution is 0.479. The minimum atomic E-state index is 0.352. The number of thiophene rings is 1. The molecule has 0 saturated carbocycles. The van der Waals surface area contributed by atoms with Crippen molar-refractivity contribution >= 4 is 37.4 Å². The van der Waals surface area contributed by atoms with Crippen molar-refractivity contribution in [2.45, 2.75) is 6.92 Å². The largest absolute Gasteiger partial charge is 0.505 e. The number of hydrogen-bond donors (Lipinski definition) is 1. The molecule has 62 valence electrons. The molecule has 1 heterocycles. The summed E-state index contributed by atoms with van der Waals surface area (Å²) in [6.07, 6.45) is 0. The Hall–Kier alpha value is -0.540. The Morgan fingerprint density at radius 3 is 2.92 bits per heavy atom. The molecule has 12 heavy (non-hydrogen) atoms. The van der Waals surface area contributed by atoms with Gasteiger partial charge in [-0.05, 0) is 45.2 Å². The Balaban J connectivity index is 2.93. The zero-order valence-electron chi connectivity index (χ0n) is 6.47. The number of hydrogen-bond acceptors (Lipinski definition) is 2. The highest BCUT2D eigenvalue weighted by Gasteiger charge is 2.06. The number of phenolic OH excluding ortho intramolecular Hbond substituents is 1. The van der Waals surface area contributed by atoms with Crippen LogP contribution in [0.3, 0.4) is 0 Å². The first-order chi connectivity index (χ1) is 5.70. The van der Waals surface area contributed by atoms with Crippen molar-refractivity contribution in [1.82, 2.24) is 0 Å². The Labute approximate surface area is 82.8 Å². The fourth-order valence-corrected chi connectivity index (χ4v) is 2.65. The van der Waals surface area contributed by atoms with Crippen LogP contribution in [-0.4, -0.2) is 5.11 Å². The van der Waals surface area contributed by atoms with Crippen molar-refractivity contribution in [3.63, 3.8) is 0 Å². The molecule has 0 unspecified atom stereocenters. The fourth-order valence-electron chi connectivity index (χ4n) is 1.19. The van der Waals surface area contributed by atoms with Crippen molar-refractivity contribution in [1.29, 1.82) is 0 Å². The highest BCUT2D eigenvalue weighted by Crippen LogP contribution is 2.37. The number of fused-ring (bicyclic) bond motifs is 1. The predicted octanol–water partition coefficient (Wildman–Crippen LogP) is 3.68. The molecule has 1 aromatic heterocycles. The lowest BCUT2D eigenvalue weighted by Crippen LogP contribution is -1.70. The molecule has 2 aromatic rings. The van der Waals surface area contributed by atoms with Crippen molar-refractivity contribution in [3.8, 4) is 5.75 Å². The predicted molar refractivity (Wildman–Crippen MR) is 55.9 cm³/mol. The van der Waals surface area contributed by atoms with Crippen LogP contribution in [0.1, 0.15) is 5.56 Å². The van der Waals surface area contributed by atoms with Crippen molar-refractivity contribution < 1.29 is 5.11 Å². The first-order valence-corrected chi connectivity index (χ1v) is 5.22. The van der Waals surface area contributed by atoms with Crippen molar-refractivity contribution in [2.75, 3.05) is 0 Å². The number of rotatable bonds is 0. The number of aromatic hydroxyl groups is 1. The van der Waals surface area contributed by atoms with Gasteiger partial charge in [0.1, 0.15) is 5.75 Å². The summed E-state index contributed by atoms with van der Waals surface area (Å²) in [6, 6.07) is 3.89. The Morgan fingerprint density at radius 2 is 2.17 bits per heavy atom. The number of phenols is 1. The topological polar surface area (TPSA) is 20.2 Å². The summed E-state index contributed by atoms with van der Waals surface area (Å²) in [7, 11) is 0. The molecular weight excluding hydrogens is 236 g/mol. The second-order valence-electron chi connectivity index (χ2n) is 2.69. The molecule has 0 radical (unpaired) electrons. The van der Waals surface area contributed by atoms with Crippen LogP contribution in [0.5, 0.6) is 5.75 Å². The molecule has 3 heteroatoms. The minimum Gasteiger partial charge on any atom is -0.505 e. The van der Waals surface area contributed by atoms with Gasteiger partial charge in [-0.1, -0.05) is 6.07 Å². The standard InChI is InChI=1S/C9H7BrOS/c1-5-4-12-9-6(5)2-3-7(10)8(9)11/h2-4,11H,1H3. The van der Waals surface area contributed by atoms with Crippen LogP contribution in [0, 0.1) is 6.92 Å². The molecule has 0 saturated heterocycles. The number of aryl methyl sites for hydroxylation is 1. The highest BCUT2D eigenvalue weighted by molar-refractivity contribution is 9.10. The maximum Gasteiger partial charge on any atom is 0.147 e. The summed E-state index contributed by atoms with van der Waals surface area (Å²) >= 11 is 4.86. The Morgan fingerprint density at radius 1 is 1.42 bits per heavy atom. The zero-order valence-corrected chi connectivity index (χ0v) is 8.87. The second kappa shape index (κ2) is 2.75. The molecule has 0 atom stereocenters. The molecule has 0 aliphatic carbocycles. The van der Waals surface area contributed by atoms with Gasteiger partial charge < -0.3 is 5.11 Å². The van der Waals surface area contributed by atoms with Gasteiger partial charge in [0.15, 0.2) is 0 Å². The van der Waals surface area contributed by atoms with Crippen molar-refractivity contribution in [3.05, 3.63) is 27.5 Å². The van der Waals surface area contributed by atoms with Crippen LogP contribution in [0.15, 0.2) is 22.0 Å². The van der Waals surface area contributed by atoms with Gasteiger partial charge >= 0.3 is 0 Å². The third-order valence-electron chi connectivity index (χ3n) is 1.86. The summed E-state index contributed by atoms with van der Waals surface area (Å²) in [5.41, 5.74) is 1.22. The maximum absolute atomic E-state index is 9.64.